The molecule has 2 aliphatic heterocycles. The predicted molar refractivity (Wildman–Crippen MR) is 114 cm³/mol. The molecule has 1 unspecified atom stereocenters. The number of guanidine groups is 1. The van der Waals surface area contributed by atoms with Crippen molar-refractivity contribution in [3.63, 3.8) is 0 Å². The van der Waals surface area contributed by atoms with E-state index in [9.17, 15) is 0 Å². The first-order valence-corrected chi connectivity index (χ1v) is 10.7. The van der Waals surface area contributed by atoms with E-state index in [0.29, 0.717) is 5.92 Å². The lowest BCUT2D eigenvalue weighted by atomic mass is 9.99. The molecule has 156 valence electrons. The second-order valence-corrected chi connectivity index (χ2v) is 7.80. The van der Waals surface area contributed by atoms with E-state index in [1.165, 1.54) is 43.6 Å². The highest BCUT2D eigenvalue weighted by Crippen LogP contribution is 2.33. The van der Waals surface area contributed by atoms with E-state index >= 15 is 0 Å². The maximum absolute atomic E-state index is 5.50. The van der Waals surface area contributed by atoms with Gasteiger partial charge in [-0.15, -0.1) is 0 Å². The summed E-state index contributed by atoms with van der Waals surface area (Å²) in [6.07, 6.45) is 3.50. The SMILES string of the molecule is CCCN1CCC(CN=C(NCC)N2CCc3cc(OC)c(OC)cc3C2)C1. The third-order valence-corrected chi connectivity index (χ3v) is 5.76. The number of aliphatic imine (C=N–C) groups is 1. The molecule has 1 N–H and O–H groups in total. The van der Waals surface area contributed by atoms with Crippen LogP contribution in [0, 0.1) is 5.92 Å². The van der Waals surface area contributed by atoms with E-state index in [1.807, 2.05) is 0 Å². The predicted octanol–water partition coefficient (Wildman–Crippen LogP) is 2.76. The van der Waals surface area contributed by atoms with Gasteiger partial charge in [0.1, 0.15) is 0 Å². The molecule has 0 saturated carbocycles. The average molecular weight is 389 g/mol. The molecule has 0 amide bonds. The Hall–Kier alpha value is -1.95. The maximum Gasteiger partial charge on any atom is 0.194 e. The molecule has 2 heterocycles. The Balaban J connectivity index is 1.68. The molecule has 0 aromatic heterocycles. The topological polar surface area (TPSA) is 49.3 Å². The first kappa shape index (κ1) is 20.8. The highest BCUT2D eigenvalue weighted by atomic mass is 16.5. The van der Waals surface area contributed by atoms with Crippen molar-refractivity contribution in [2.24, 2.45) is 10.9 Å². The van der Waals surface area contributed by atoms with Crippen molar-refractivity contribution >= 4 is 5.96 Å². The first-order valence-electron chi connectivity index (χ1n) is 10.7. The molecule has 1 aromatic rings. The number of rotatable bonds is 7. The number of benzene rings is 1. The van der Waals surface area contributed by atoms with E-state index in [-0.39, 0.29) is 0 Å². The fourth-order valence-electron chi connectivity index (χ4n) is 4.29. The molecule has 6 heteroatoms. The summed E-state index contributed by atoms with van der Waals surface area (Å²) in [4.78, 5) is 9.96. The highest BCUT2D eigenvalue weighted by molar-refractivity contribution is 5.80. The molecule has 1 aromatic carbocycles. The molecule has 0 radical (unpaired) electrons. The second-order valence-electron chi connectivity index (χ2n) is 7.80. The Labute approximate surface area is 169 Å². The van der Waals surface area contributed by atoms with Crippen LogP contribution in [0.2, 0.25) is 0 Å². The Morgan fingerprint density at radius 1 is 1.14 bits per heavy atom. The van der Waals surface area contributed by atoms with Crippen molar-refractivity contribution < 1.29 is 9.47 Å². The third-order valence-electron chi connectivity index (χ3n) is 5.76. The van der Waals surface area contributed by atoms with Gasteiger partial charge in [-0.1, -0.05) is 6.92 Å². The van der Waals surface area contributed by atoms with Crippen molar-refractivity contribution in [3.8, 4) is 11.5 Å². The van der Waals surface area contributed by atoms with Gasteiger partial charge in [-0.25, -0.2) is 0 Å². The van der Waals surface area contributed by atoms with Gasteiger partial charge in [0.05, 0.1) is 14.2 Å². The number of ether oxygens (including phenoxy) is 2. The summed E-state index contributed by atoms with van der Waals surface area (Å²) in [6, 6.07) is 4.24. The molecular formula is C22H36N4O2. The first-order chi connectivity index (χ1) is 13.7. The van der Waals surface area contributed by atoms with Gasteiger partial charge in [-0.2, -0.15) is 0 Å². The summed E-state index contributed by atoms with van der Waals surface area (Å²) in [6.45, 7) is 11.7. The van der Waals surface area contributed by atoms with E-state index < -0.39 is 0 Å². The summed E-state index contributed by atoms with van der Waals surface area (Å²) in [5.74, 6) is 3.33. The molecule has 6 nitrogen and oxygen atoms in total. The number of hydrogen-bond acceptors (Lipinski definition) is 4. The fraction of sp³-hybridized carbons (Fsp3) is 0.682. The van der Waals surface area contributed by atoms with Crippen LogP contribution in [0.5, 0.6) is 11.5 Å². The van der Waals surface area contributed by atoms with Crippen LogP contribution in [0.25, 0.3) is 0 Å². The molecule has 1 saturated heterocycles. The summed E-state index contributed by atoms with van der Waals surface area (Å²) in [5.41, 5.74) is 2.64. The van der Waals surface area contributed by atoms with Gasteiger partial charge in [0.15, 0.2) is 17.5 Å². The van der Waals surface area contributed by atoms with Crippen molar-refractivity contribution in [2.75, 3.05) is 53.5 Å². The van der Waals surface area contributed by atoms with Gasteiger partial charge in [-0.3, -0.25) is 4.99 Å². The van der Waals surface area contributed by atoms with E-state index in [0.717, 1.165) is 50.1 Å². The zero-order valence-corrected chi connectivity index (χ0v) is 18.0. The van der Waals surface area contributed by atoms with Crippen LogP contribution in [0.4, 0.5) is 0 Å². The molecule has 0 spiro atoms. The Morgan fingerprint density at radius 3 is 2.57 bits per heavy atom. The fourth-order valence-corrected chi connectivity index (χ4v) is 4.29. The van der Waals surface area contributed by atoms with Crippen LogP contribution in [-0.4, -0.2) is 69.2 Å². The smallest absolute Gasteiger partial charge is 0.194 e. The van der Waals surface area contributed by atoms with Gasteiger partial charge >= 0.3 is 0 Å². The standard InChI is InChI=1S/C22H36N4O2/c1-5-9-25-10-7-17(15-25)14-24-22(23-6-2)26-11-8-18-12-20(27-3)21(28-4)13-19(18)16-26/h12-13,17H,5-11,14-16H2,1-4H3,(H,23,24). The summed E-state index contributed by atoms with van der Waals surface area (Å²) in [5, 5.41) is 3.50. The van der Waals surface area contributed by atoms with Crippen LogP contribution in [0.15, 0.2) is 17.1 Å². The van der Waals surface area contributed by atoms with Crippen LogP contribution in [0.3, 0.4) is 0 Å². The van der Waals surface area contributed by atoms with Gasteiger partial charge in [0.2, 0.25) is 0 Å². The van der Waals surface area contributed by atoms with Crippen LogP contribution in [0.1, 0.15) is 37.8 Å². The van der Waals surface area contributed by atoms with Gasteiger partial charge in [0.25, 0.3) is 0 Å². The maximum atomic E-state index is 5.50. The number of fused-ring (bicyclic) bond motifs is 1. The van der Waals surface area contributed by atoms with Crippen molar-refractivity contribution in [1.29, 1.82) is 0 Å². The minimum absolute atomic E-state index is 0.682. The Morgan fingerprint density at radius 2 is 1.89 bits per heavy atom. The molecule has 0 aliphatic carbocycles. The number of likely N-dealkylation sites (tertiary alicyclic amines) is 1. The highest BCUT2D eigenvalue weighted by Gasteiger charge is 2.24. The Kier molecular flexibility index (Phi) is 7.43. The normalized spacial score (nSPS) is 20.2. The van der Waals surface area contributed by atoms with Crippen molar-refractivity contribution in [1.82, 2.24) is 15.1 Å². The minimum Gasteiger partial charge on any atom is -0.493 e. The zero-order chi connectivity index (χ0) is 19.9. The largest absolute Gasteiger partial charge is 0.493 e. The number of nitrogens with zero attached hydrogens (tertiary/aromatic N) is 3. The summed E-state index contributed by atoms with van der Waals surface area (Å²) < 4.78 is 11.0. The lowest BCUT2D eigenvalue weighted by Crippen LogP contribution is -2.44. The summed E-state index contributed by atoms with van der Waals surface area (Å²) >= 11 is 0. The van der Waals surface area contributed by atoms with Gasteiger partial charge < -0.3 is 24.6 Å². The van der Waals surface area contributed by atoms with Crippen LogP contribution >= 0.6 is 0 Å². The van der Waals surface area contributed by atoms with Crippen molar-refractivity contribution in [2.45, 2.75) is 39.7 Å². The molecule has 1 atom stereocenters. The van der Waals surface area contributed by atoms with Crippen LogP contribution < -0.4 is 14.8 Å². The van der Waals surface area contributed by atoms with Crippen LogP contribution in [-0.2, 0) is 13.0 Å². The summed E-state index contributed by atoms with van der Waals surface area (Å²) in [7, 11) is 3.39. The Bertz CT molecular complexity index is 677. The third kappa shape index (κ3) is 4.90. The molecule has 1 fully saturated rings. The van der Waals surface area contributed by atoms with E-state index in [4.69, 9.17) is 14.5 Å². The quantitative estimate of drug-likeness (QED) is 0.575. The lowest BCUT2D eigenvalue weighted by molar-refractivity contribution is 0.325. The molecule has 2 aliphatic rings. The monoisotopic (exact) mass is 388 g/mol. The molecular weight excluding hydrogens is 352 g/mol. The number of methoxy groups -OCH3 is 2. The molecule has 28 heavy (non-hydrogen) atoms. The second kappa shape index (κ2) is 10.0. The molecule has 0 bridgehead atoms. The lowest BCUT2D eigenvalue weighted by Gasteiger charge is -2.32. The van der Waals surface area contributed by atoms with Gasteiger partial charge in [-0.05, 0) is 68.5 Å². The number of nitrogens with one attached hydrogen (secondary N) is 1. The average Bonchev–Trinajstić information content (AvgIpc) is 3.17. The minimum atomic E-state index is 0.682. The van der Waals surface area contributed by atoms with E-state index in [1.54, 1.807) is 14.2 Å². The zero-order valence-electron chi connectivity index (χ0n) is 18.0. The van der Waals surface area contributed by atoms with Gasteiger partial charge in [0, 0.05) is 32.7 Å². The van der Waals surface area contributed by atoms with E-state index in [2.05, 4.69) is 41.1 Å². The molecule has 3 rings (SSSR count). The van der Waals surface area contributed by atoms with Crippen molar-refractivity contribution in [3.05, 3.63) is 23.3 Å². The number of hydrogen-bond donors (Lipinski definition) is 1.